The van der Waals surface area contributed by atoms with Gasteiger partial charge in [0.1, 0.15) is 0 Å². The number of sulfonamides is 1. The summed E-state index contributed by atoms with van der Waals surface area (Å²) in [6, 6.07) is 0.283. The number of halogens is 1. The van der Waals surface area contributed by atoms with Crippen LogP contribution in [0.1, 0.15) is 40.0 Å². The molecule has 9 heteroatoms. The lowest BCUT2D eigenvalue weighted by molar-refractivity contribution is 0.0992. The van der Waals surface area contributed by atoms with E-state index in [1.165, 1.54) is 4.31 Å². The lowest BCUT2D eigenvalue weighted by atomic mass is 9.96. The van der Waals surface area contributed by atoms with Crippen LogP contribution in [-0.4, -0.2) is 68.9 Å². The van der Waals surface area contributed by atoms with E-state index in [1.54, 1.807) is 0 Å². The molecule has 3 atom stereocenters. The molecular weight excluding hydrogens is 443 g/mol. The first-order valence-electron chi connectivity index (χ1n) is 8.68. The second-order valence-corrected chi connectivity index (χ2v) is 8.11. The molecule has 0 aromatic rings. The fourth-order valence-electron chi connectivity index (χ4n) is 3.30. The Labute approximate surface area is 163 Å². The molecule has 24 heavy (non-hydrogen) atoms. The number of ether oxygens (including phenoxy) is 1. The third-order valence-electron chi connectivity index (χ3n) is 4.49. The van der Waals surface area contributed by atoms with Crippen molar-refractivity contribution in [3.8, 4) is 0 Å². The molecule has 2 fully saturated rings. The van der Waals surface area contributed by atoms with Crippen LogP contribution in [0, 0.1) is 0 Å². The Morgan fingerprint density at radius 2 is 1.96 bits per heavy atom. The van der Waals surface area contributed by atoms with E-state index in [0.29, 0.717) is 25.2 Å². The molecule has 0 aromatic heterocycles. The predicted molar refractivity (Wildman–Crippen MR) is 108 cm³/mol. The number of nitrogens with zero attached hydrogens (tertiary/aromatic N) is 2. The van der Waals surface area contributed by atoms with E-state index in [2.05, 4.69) is 15.6 Å². The molecule has 2 aliphatic heterocycles. The van der Waals surface area contributed by atoms with Gasteiger partial charge in [0.05, 0.1) is 30.5 Å². The Morgan fingerprint density at radius 3 is 2.46 bits per heavy atom. The molecule has 2 rings (SSSR count). The van der Waals surface area contributed by atoms with Crippen LogP contribution in [0.25, 0.3) is 0 Å². The summed E-state index contributed by atoms with van der Waals surface area (Å²) in [5.74, 6) is 0.724. The number of rotatable bonds is 8. The summed E-state index contributed by atoms with van der Waals surface area (Å²) in [4.78, 5) is 4.43. The Kier molecular flexibility index (Phi) is 9.24. The van der Waals surface area contributed by atoms with Gasteiger partial charge in [0.15, 0.2) is 5.96 Å². The van der Waals surface area contributed by atoms with Crippen molar-refractivity contribution in [1.29, 1.82) is 0 Å². The van der Waals surface area contributed by atoms with Crippen LogP contribution in [0.5, 0.6) is 0 Å². The summed E-state index contributed by atoms with van der Waals surface area (Å²) in [6.45, 7) is 7.72. The molecule has 2 N–H and O–H groups in total. The maximum Gasteiger partial charge on any atom is 0.215 e. The average Bonchev–Trinajstić information content (AvgIpc) is 3.10. The zero-order valence-electron chi connectivity index (χ0n) is 14.8. The Balaban J connectivity index is 0.00000288. The molecular formula is C15H31IN4O3S. The molecule has 0 aliphatic carbocycles. The lowest BCUT2D eigenvalue weighted by Crippen LogP contribution is -2.47. The number of aliphatic imine (C=N–C) groups is 1. The van der Waals surface area contributed by atoms with E-state index in [4.69, 9.17) is 4.74 Å². The molecule has 0 radical (unpaired) electrons. The van der Waals surface area contributed by atoms with E-state index in [-0.39, 0.29) is 48.4 Å². The van der Waals surface area contributed by atoms with Crippen molar-refractivity contribution in [3.63, 3.8) is 0 Å². The smallest absolute Gasteiger partial charge is 0.215 e. The van der Waals surface area contributed by atoms with E-state index >= 15 is 0 Å². The largest absolute Gasteiger partial charge is 0.373 e. The van der Waals surface area contributed by atoms with Crippen molar-refractivity contribution >= 4 is 40.0 Å². The molecule has 2 heterocycles. The van der Waals surface area contributed by atoms with Crippen LogP contribution >= 0.6 is 24.0 Å². The number of guanidine groups is 1. The van der Waals surface area contributed by atoms with Crippen molar-refractivity contribution in [2.75, 3.05) is 31.9 Å². The highest BCUT2D eigenvalue weighted by Crippen LogP contribution is 2.34. The molecule has 3 unspecified atom stereocenters. The minimum absolute atomic E-state index is 0. The topological polar surface area (TPSA) is 83.0 Å². The molecule has 2 aliphatic rings. The molecule has 0 spiro atoms. The standard InChI is InChI=1S/C15H30N4O3S.HI/c1-4-16-15(18-13-11-12-7-8-14(13)22-12)17-9-10-23(20,21)19(5-2)6-3;/h12-14H,4-11H2,1-3H3,(H2,16,17,18);1H. The second kappa shape index (κ2) is 10.1. The highest BCUT2D eigenvalue weighted by Gasteiger charge is 2.41. The van der Waals surface area contributed by atoms with Gasteiger partial charge in [-0.25, -0.2) is 12.7 Å². The van der Waals surface area contributed by atoms with Crippen LogP contribution in [0.2, 0.25) is 0 Å². The summed E-state index contributed by atoms with van der Waals surface area (Å²) in [7, 11) is -3.22. The SMILES string of the molecule is CCNC(=NCCS(=O)(=O)N(CC)CC)NC1CC2CCC1O2.I. The Morgan fingerprint density at radius 1 is 1.25 bits per heavy atom. The molecule has 2 bridgehead atoms. The van der Waals surface area contributed by atoms with Crippen LogP contribution in [0.3, 0.4) is 0 Å². The van der Waals surface area contributed by atoms with E-state index in [9.17, 15) is 8.42 Å². The fourth-order valence-corrected chi connectivity index (χ4v) is 4.67. The van der Waals surface area contributed by atoms with Crippen molar-refractivity contribution in [3.05, 3.63) is 0 Å². The van der Waals surface area contributed by atoms with Crippen LogP contribution in [-0.2, 0) is 14.8 Å². The minimum Gasteiger partial charge on any atom is -0.373 e. The van der Waals surface area contributed by atoms with Gasteiger partial charge in [-0.2, -0.15) is 0 Å². The summed E-state index contributed by atoms with van der Waals surface area (Å²) in [6.07, 6.45) is 3.90. The van der Waals surface area contributed by atoms with Crippen LogP contribution in [0.15, 0.2) is 4.99 Å². The quantitative estimate of drug-likeness (QED) is 0.314. The van der Waals surface area contributed by atoms with E-state index in [1.807, 2.05) is 20.8 Å². The normalized spacial score (nSPS) is 26.5. The van der Waals surface area contributed by atoms with Gasteiger partial charge < -0.3 is 15.4 Å². The summed E-state index contributed by atoms with van der Waals surface area (Å²) in [5, 5.41) is 6.58. The van der Waals surface area contributed by atoms with Crippen molar-refractivity contribution < 1.29 is 13.2 Å². The lowest BCUT2D eigenvalue weighted by Gasteiger charge is -2.23. The van der Waals surface area contributed by atoms with Crippen molar-refractivity contribution in [1.82, 2.24) is 14.9 Å². The van der Waals surface area contributed by atoms with Gasteiger partial charge in [-0.05, 0) is 26.2 Å². The maximum absolute atomic E-state index is 12.2. The highest BCUT2D eigenvalue weighted by atomic mass is 127. The Bertz CT molecular complexity index is 511. The summed E-state index contributed by atoms with van der Waals surface area (Å²) < 4.78 is 31.7. The third-order valence-corrected chi connectivity index (χ3v) is 6.49. The molecule has 2 saturated heterocycles. The molecule has 0 amide bonds. The monoisotopic (exact) mass is 474 g/mol. The fraction of sp³-hybridized carbons (Fsp3) is 0.933. The second-order valence-electron chi connectivity index (χ2n) is 6.02. The average molecular weight is 474 g/mol. The number of fused-ring (bicyclic) bond motifs is 2. The first-order valence-corrected chi connectivity index (χ1v) is 10.3. The van der Waals surface area contributed by atoms with E-state index in [0.717, 1.165) is 25.8 Å². The van der Waals surface area contributed by atoms with Gasteiger partial charge in [0.2, 0.25) is 10.0 Å². The molecule has 0 aromatic carbocycles. The number of hydrogen-bond acceptors (Lipinski definition) is 4. The third kappa shape index (κ3) is 5.70. The van der Waals surface area contributed by atoms with Crippen molar-refractivity contribution in [2.45, 2.75) is 58.3 Å². The first kappa shape index (κ1) is 21.9. The minimum atomic E-state index is -3.22. The first-order chi connectivity index (χ1) is 11.0. The number of nitrogens with one attached hydrogen (secondary N) is 2. The van der Waals surface area contributed by atoms with E-state index < -0.39 is 10.0 Å². The van der Waals surface area contributed by atoms with Gasteiger partial charge in [-0.15, -0.1) is 24.0 Å². The van der Waals surface area contributed by atoms with Gasteiger partial charge in [-0.3, -0.25) is 4.99 Å². The Hall–Kier alpha value is -0.130. The summed E-state index contributed by atoms with van der Waals surface area (Å²) >= 11 is 0. The molecule has 7 nitrogen and oxygen atoms in total. The van der Waals surface area contributed by atoms with Gasteiger partial charge in [0, 0.05) is 19.6 Å². The zero-order chi connectivity index (χ0) is 16.9. The van der Waals surface area contributed by atoms with Crippen LogP contribution < -0.4 is 10.6 Å². The predicted octanol–water partition coefficient (Wildman–Crippen LogP) is 1.15. The van der Waals surface area contributed by atoms with Crippen molar-refractivity contribution in [2.24, 2.45) is 4.99 Å². The summed E-state index contributed by atoms with van der Waals surface area (Å²) in [5.41, 5.74) is 0. The molecule has 0 saturated carbocycles. The zero-order valence-corrected chi connectivity index (χ0v) is 18.0. The van der Waals surface area contributed by atoms with Gasteiger partial charge in [-0.1, -0.05) is 13.8 Å². The number of hydrogen-bond donors (Lipinski definition) is 2. The maximum atomic E-state index is 12.2. The molecule has 142 valence electrons. The van der Waals surface area contributed by atoms with Crippen LogP contribution in [0.4, 0.5) is 0 Å². The van der Waals surface area contributed by atoms with Gasteiger partial charge in [0.25, 0.3) is 0 Å². The van der Waals surface area contributed by atoms with Gasteiger partial charge >= 0.3 is 0 Å². The highest BCUT2D eigenvalue weighted by molar-refractivity contribution is 14.0.